The van der Waals surface area contributed by atoms with Crippen LogP contribution in [0.2, 0.25) is 0 Å². The van der Waals surface area contributed by atoms with Crippen LogP contribution in [-0.4, -0.2) is 10.9 Å². The van der Waals surface area contributed by atoms with E-state index in [0.29, 0.717) is 17.3 Å². The van der Waals surface area contributed by atoms with Gasteiger partial charge in [0.05, 0.1) is 0 Å². The number of nitrogens with zero attached hydrogens (tertiary/aromatic N) is 1. The van der Waals surface area contributed by atoms with Gasteiger partial charge < -0.3 is 5.32 Å². The summed E-state index contributed by atoms with van der Waals surface area (Å²) in [5.41, 5.74) is 1.73. The smallest absolute Gasteiger partial charge is 0.229 e. The number of allylic oxidation sites excluding steroid dienone is 2. The van der Waals surface area contributed by atoms with Gasteiger partial charge in [-0.15, -0.1) is 11.3 Å². The van der Waals surface area contributed by atoms with Crippen LogP contribution in [0.5, 0.6) is 0 Å². The fraction of sp³-hybridized carbons (Fsp3) is 0.400. The van der Waals surface area contributed by atoms with Gasteiger partial charge >= 0.3 is 0 Å². The summed E-state index contributed by atoms with van der Waals surface area (Å²) in [6.07, 6.45) is 11.0. The van der Waals surface area contributed by atoms with Gasteiger partial charge in [0.1, 0.15) is 0 Å². The van der Waals surface area contributed by atoms with Crippen molar-refractivity contribution in [3.8, 4) is 0 Å². The number of hydrogen-bond donors (Lipinski definition) is 1. The predicted molar refractivity (Wildman–Crippen MR) is 95.9 cm³/mol. The van der Waals surface area contributed by atoms with Crippen LogP contribution < -0.4 is 5.32 Å². The monoisotopic (exact) mass is 336 g/mol. The van der Waals surface area contributed by atoms with Crippen LogP contribution >= 0.6 is 11.3 Å². The second-order valence-corrected chi connectivity index (χ2v) is 8.49. The minimum absolute atomic E-state index is 0.143. The molecule has 1 amide bonds. The van der Waals surface area contributed by atoms with Crippen molar-refractivity contribution in [2.24, 2.45) is 23.2 Å². The Kier molecular flexibility index (Phi) is 3.17. The van der Waals surface area contributed by atoms with E-state index in [2.05, 4.69) is 46.7 Å². The molecule has 0 saturated heterocycles. The van der Waals surface area contributed by atoms with Crippen LogP contribution in [0, 0.1) is 23.2 Å². The number of carbonyl (C=O) groups excluding carboxylic acids is 1. The number of aromatic nitrogens is 1. The van der Waals surface area contributed by atoms with E-state index in [1.165, 1.54) is 23.3 Å². The molecule has 3 nitrogen and oxygen atoms in total. The number of anilines is 1. The standard InChI is InChI=1S/C20H20N2OS/c23-18(16-11-14-6-7-17(16)20(14)8-9-20)22-19-21-12-15(24-19)10-13-4-2-1-3-5-13/h1-7,12,14,16-17H,8-11H2,(H,21,22,23). The molecule has 2 aromatic rings. The first-order chi connectivity index (χ1) is 11.7. The lowest BCUT2D eigenvalue weighted by molar-refractivity contribution is -0.120. The fourth-order valence-electron chi connectivity index (χ4n) is 4.71. The topological polar surface area (TPSA) is 42.0 Å². The Balaban J connectivity index is 1.26. The van der Waals surface area contributed by atoms with Gasteiger partial charge in [-0.3, -0.25) is 4.79 Å². The van der Waals surface area contributed by atoms with Crippen LogP contribution in [0.15, 0.2) is 48.7 Å². The third-order valence-corrected chi connectivity index (χ3v) is 6.98. The maximum Gasteiger partial charge on any atom is 0.229 e. The zero-order chi connectivity index (χ0) is 16.1. The molecule has 24 heavy (non-hydrogen) atoms. The van der Waals surface area contributed by atoms with E-state index in [4.69, 9.17) is 0 Å². The second kappa shape index (κ2) is 5.28. The lowest BCUT2D eigenvalue weighted by Crippen LogP contribution is -2.27. The van der Waals surface area contributed by atoms with Crippen molar-refractivity contribution in [2.45, 2.75) is 25.7 Å². The molecule has 4 heteroatoms. The Hall–Kier alpha value is -1.94. The number of hydrogen-bond acceptors (Lipinski definition) is 3. The minimum atomic E-state index is 0.143. The molecule has 3 aliphatic rings. The maximum absolute atomic E-state index is 12.7. The lowest BCUT2D eigenvalue weighted by Gasteiger charge is -2.18. The van der Waals surface area contributed by atoms with Gasteiger partial charge in [-0.05, 0) is 42.1 Å². The Morgan fingerprint density at radius 3 is 2.83 bits per heavy atom. The summed E-state index contributed by atoms with van der Waals surface area (Å²) >= 11 is 1.59. The number of rotatable bonds is 4. The van der Waals surface area contributed by atoms with E-state index in [-0.39, 0.29) is 11.8 Å². The average Bonchev–Trinajstić information content (AvgIpc) is 3.06. The molecule has 0 aliphatic heterocycles. The number of thiazole rings is 1. The highest BCUT2D eigenvalue weighted by atomic mass is 32.1. The molecule has 1 spiro atoms. The van der Waals surface area contributed by atoms with E-state index in [1.54, 1.807) is 11.3 Å². The third-order valence-electron chi connectivity index (χ3n) is 6.06. The first-order valence-electron chi connectivity index (χ1n) is 8.72. The van der Waals surface area contributed by atoms with E-state index < -0.39 is 0 Å². The average molecular weight is 336 g/mol. The van der Waals surface area contributed by atoms with Crippen molar-refractivity contribution in [2.75, 3.05) is 5.32 Å². The van der Waals surface area contributed by atoms with Gasteiger partial charge in [0.2, 0.25) is 5.91 Å². The van der Waals surface area contributed by atoms with Gasteiger partial charge in [0, 0.05) is 23.4 Å². The summed E-state index contributed by atoms with van der Waals surface area (Å²) in [6.45, 7) is 0. The van der Waals surface area contributed by atoms with Crippen LogP contribution in [0.4, 0.5) is 5.13 Å². The Morgan fingerprint density at radius 1 is 1.25 bits per heavy atom. The highest BCUT2D eigenvalue weighted by Crippen LogP contribution is 2.70. The number of amides is 1. The van der Waals surface area contributed by atoms with E-state index in [9.17, 15) is 4.79 Å². The molecule has 122 valence electrons. The van der Waals surface area contributed by atoms with Gasteiger partial charge in [0.25, 0.3) is 0 Å². The molecule has 2 bridgehead atoms. The van der Waals surface area contributed by atoms with Crippen LogP contribution in [0.1, 0.15) is 29.7 Å². The number of benzene rings is 1. The molecule has 3 aliphatic carbocycles. The van der Waals surface area contributed by atoms with Crippen LogP contribution in [0.3, 0.4) is 0 Å². The molecular weight excluding hydrogens is 316 g/mol. The molecule has 0 radical (unpaired) electrons. The molecule has 1 aromatic carbocycles. The normalized spacial score (nSPS) is 28.4. The minimum Gasteiger partial charge on any atom is -0.302 e. The zero-order valence-corrected chi connectivity index (χ0v) is 14.3. The Bertz CT molecular complexity index is 806. The summed E-state index contributed by atoms with van der Waals surface area (Å²) in [5.74, 6) is 1.41. The lowest BCUT2D eigenvalue weighted by atomic mass is 9.88. The Labute approximate surface area is 145 Å². The molecule has 1 N–H and O–H groups in total. The van der Waals surface area contributed by atoms with Crippen LogP contribution in [-0.2, 0) is 11.2 Å². The first-order valence-corrected chi connectivity index (χ1v) is 9.54. The van der Waals surface area contributed by atoms with Gasteiger partial charge in [-0.1, -0.05) is 42.5 Å². The quantitative estimate of drug-likeness (QED) is 0.847. The molecule has 1 heterocycles. The van der Waals surface area contributed by atoms with Crippen molar-refractivity contribution in [3.63, 3.8) is 0 Å². The van der Waals surface area contributed by atoms with Crippen molar-refractivity contribution < 1.29 is 4.79 Å². The third kappa shape index (κ3) is 2.24. The SMILES string of the molecule is O=C(Nc1ncc(Cc2ccccc2)s1)C1CC2C=CC1C21CC1. The van der Waals surface area contributed by atoms with Gasteiger partial charge in [-0.25, -0.2) is 4.98 Å². The Morgan fingerprint density at radius 2 is 2.08 bits per heavy atom. The first kappa shape index (κ1) is 14.4. The summed E-state index contributed by atoms with van der Waals surface area (Å²) in [5, 5.41) is 3.81. The molecule has 2 fully saturated rings. The van der Waals surface area contributed by atoms with E-state index in [0.717, 1.165) is 18.0 Å². The molecule has 1 aromatic heterocycles. The van der Waals surface area contributed by atoms with Crippen LogP contribution in [0.25, 0.3) is 0 Å². The number of carbonyl (C=O) groups is 1. The van der Waals surface area contributed by atoms with Crippen molar-refractivity contribution >= 4 is 22.4 Å². The largest absolute Gasteiger partial charge is 0.302 e. The molecule has 2 saturated carbocycles. The summed E-state index contributed by atoms with van der Waals surface area (Å²) < 4.78 is 0. The predicted octanol–water partition coefficient (Wildman–Crippen LogP) is 4.27. The van der Waals surface area contributed by atoms with Gasteiger partial charge in [0.15, 0.2) is 5.13 Å². The van der Waals surface area contributed by atoms with Crippen molar-refractivity contribution in [3.05, 3.63) is 59.1 Å². The molecule has 3 unspecified atom stereocenters. The highest BCUT2D eigenvalue weighted by Gasteiger charge is 2.64. The zero-order valence-electron chi connectivity index (χ0n) is 13.4. The maximum atomic E-state index is 12.7. The molecule has 5 rings (SSSR count). The molecule has 3 atom stereocenters. The summed E-state index contributed by atoms with van der Waals surface area (Å²) in [7, 11) is 0. The van der Waals surface area contributed by atoms with Gasteiger partial charge in [-0.2, -0.15) is 0 Å². The van der Waals surface area contributed by atoms with Crippen molar-refractivity contribution in [1.29, 1.82) is 0 Å². The molecular formula is C20H20N2OS. The van der Waals surface area contributed by atoms with E-state index >= 15 is 0 Å². The van der Waals surface area contributed by atoms with E-state index in [1.807, 2.05) is 12.3 Å². The summed E-state index contributed by atoms with van der Waals surface area (Å²) in [6, 6.07) is 10.4. The summed E-state index contributed by atoms with van der Waals surface area (Å²) in [4.78, 5) is 18.3. The highest BCUT2D eigenvalue weighted by molar-refractivity contribution is 7.15. The fourth-order valence-corrected chi connectivity index (χ4v) is 5.56. The second-order valence-electron chi connectivity index (χ2n) is 7.38. The number of nitrogens with one attached hydrogen (secondary N) is 1. The van der Waals surface area contributed by atoms with Crippen molar-refractivity contribution in [1.82, 2.24) is 4.98 Å².